The first-order valence-electron chi connectivity index (χ1n) is 10.9. The van der Waals surface area contributed by atoms with E-state index in [2.05, 4.69) is 20.5 Å². The van der Waals surface area contributed by atoms with E-state index >= 15 is 0 Å². The lowest BCUT2D eigenvalue weighted by Crippen LogP contribution is -2.53. The van der Waals surface area contributed by atoms with Crippen molar-refractivity contribution in [2.75, 3.05) is 42.4 Å². The zero-order valence-corrected chi connectivity index (χ0v) is 19.1. The van der Waals surface area contributed by atoms with E-state index in [9.17, 15) is 17.6 Å². The van der Waals surface area contributed by atoms with Gasteiger partial charge in [-0.15, -0.1) is 0 Å². The van der Waals surface area contributed by atoms with E-state index < -0.39 is 21.4 Å². The Morgan fingerprint density at radius 3 is 2.36 bits per heavy atom. The highest BCUT2D eigenvalue weighted by Gasteiger charge is 2.39. The number of anilines is 2. The summed E-state index contributed by atoms with van der Waals surface area (Å²) in [5.41, 5.74) is 6.91. The summed E-state index contributed by atoms with van der Waals surface area (Å²) in [5, 5.41) is -0.946. The molecule has 2 aliphatic heterocycles. The van der Waals surface area contributed by atoms with E-state index in [1.54, 1.807) is 41.3 Å². The quantitative estimate of drug-likeness (QED) is 0.556. The first kappa shape index (κ1) is 23.3. The fraction of sp³-hybridized carbons (Fsp3) is 0.409. The summed E-state index contributed by atoms with van der Waals surface area (Å²) in [6.07, 6.45) is 0.114. The summed E-state index contributed by atoms with van der Waals surface area (Å²) in [5.74, 6) is 0.236. The normalized spacial score (nSPS) is 21.2. The van der Waals surface area contributed by atoms with E-state index in [4.69, 9.17) is 4.74 Å². The summed E-state index contributed by atoms with van der Waals surface area (Å²) in [4.78, 5) is 16.8. The number of hydrogen-bond donors (Lipinski definition) is 3. The molecule has 2 aromatic carbocycles. The van der Waals surface area contributed by atoms with Crippen LogP contribution in [0.25, 0.3) is 0 Å². The Labute approximate surface area is 192 Å². The van der Waals surface area contributed by atoms with E-state index in [0.29, 0.717) is 44.2 Å². The van der Waals surface area contributed by atoms with Gasteiger partial charge in [-0.3, -0.25) is 9.52 Å². The second kappa shape index (κ2) is 9.94. The number of piperazine rings is 1. The van der Waals surface area contributed by atoms with Crippen molar-refractivity contribution in [1.82, 2.24) is 15.8 Å². The van der Waals surface area contributed by atoms with Crippen molar-refractivity contribution in [2.24, 2.45) is 0 Å². The van der Waals surface area contributed by atoms with Crippen LogP contribution in [-0.4, -0.2) is 63.4 Å². The van der Waals surface area contributed by atoms with Gasteiger partial charge in [0.15, 0.2) is 0 Å². The lowest BCUT2D eigenvalue weighted by Gasteiger charge is -2.37. The molecule has 9 nitrogen and oxygen atoms in total. The molecular weight excluding hydrogens is 449 g/mol. The molecule has 0 saturated carbocycles. The summed E-state index contributed by atoms with van der Waals surface area (Å²) >= 11 is 0. The maximum atomic E-state index is 13.1. The van der Waals surface area contributed by atoms with Gasteiger partial charge in [-0.1, -0.05) is 0 Å². The lowest BCUT2D eigenvalue weighted by atomic mass is 10.2. The smallest absolute Gasteiger partial charge is 0.250 e. The molecule has 2 aromatic rings. The average molecular weight is 478 g/mol. The van der Waals surface area contributed by atoms with E-state index in [1.807, 2.05) is 6.92 Å². The number of hydrazine groups is 1. The number of nitrogens with one attached hydrogen (secondary N) is 3. The minimum Gasteiger partial charge on any atom is -0.494 e. The predicted molar refractivity (Wildman–Crippen MR) is 124 cm³/mol. The molecule has 0 spiro atoms. The zero-order chi connectivity index (χ0) is 23.4. The van der Waals surface area contributed by atoms with Crippen LogP contribution in [0.4, 0.5) is 15.8 Å². The molecule has 11 heteroatoms. The predicted octanol–water partition coefficient (Wildman–Crippen LogP) is 1.51. The zero-order valence-electron chi connectivity index (χ0n) is 18.3. The fourth-order valence-electron chi connectivity index (χ4n) is 3.97. The van der Waals surface area contributed by atoms with Gasteiger partial charge in [-0.2, -0.15) is 0 Å². The second-order valence-corrected chi connectivity index (χ2v) is 9.82. The first-order chi connectivity index (χ1) is 15.9. The Balaban J connectivity index is 1.30. The van der Waals surface area contributed by atoms with Crippen LogP contribution in [0.5, 0.6) is 5.75 Å². The number of benzene rings is 2. The molecular formula is C22H28FN5O4S. The fourth-order valence-corrected chi connectivity index (χ4v) is 5.25. The van der Waals surface area contributed by atoms with Crippen LogP contribution in [0.15, 0.2) is 48.5 Å². The van der Waals surface area contributed by atoms with Gasteiger partial charge < -0.3 is 14.5 Å². The number of hydrogen-bond acceptors (Lipinski definition) is 7. The van der Waals surface area contributed by atoms with Gasteiger partial charge in [0.2, 0.25) is 15.9 Å². The van der Waals surface area contributed by atoms with Crippen LogP contribution in [0.2, 0.25) is 0 Å². The molecule has 2 fully saturated rings. The van der Waals surface area contributed by atoms with E-state index in [0.717, 1.165) is 5.69 Å². The van der Waals surface area contributed by atoms with Crippen molar-refractivity contribution in [2.45, 2.75) is 24.8 Å². The molecule has 178 valence electrons. The third kappa shape index (κ3) is 5.55. The number of amides is 1. The molecule has 0 bridgehead atoms. The maximum absolute atomic E-state index is 13.1. The standard InChI is InChI=1S/C22H28FN5O4S/c1-2-32-19-9-5-17(6-10-19)26-33(30,31)21-15-20(24-25-21)22(29)28-13-11-27(12-14-28)18-7-3-16(23)4-8-18/h3-10,20-21,24-26H,2,11-15H2,1H3. The highest BCUT2D eigenvalue weighted by Crippen LogP contribution is 2.21. The SMILES string of the molecule is CCOc1ccc(NS(=O)(=O)C2CC(C(=O)N3CCN(c4ccc(F)cc4)CC3)NN2)cc1. The van der Waals surface area contributed by atoms with Crippen LogP contribution in [0, 0.1) is 5.82 Å². The lowest BCUT2D eigenvalue weighted by molar-refractivity contribution is -0.133. The Morgan fingerprint density at radius 2 is 1.73 bits per heavy atom. The molecule has 0 aromatic heterocycles. The topological polar surface area (TPSA) is 103 Å². The number of nitrogens with zero attached hydrogens (tertiary/aromatic N) is 2. The molecule has 3 N–H and O–H groups in total. The number of halogens is 1. The largest absolute Gasteiger partial charge is 0.494 e. The van der Waals surface area contributed by atoms with Gasteiger partial charge in [0, 0.05) is 44.0 Å². The third-order valence-corrected chi connectivity index (χ3v) is 7.33. The van der Waals surface area contributed by atoms with Crippen LogP contribution >= 0.6 is 0 Å². The van der Waals surface area contributed by atoms with Crippen LogP contribution < -0.4 is 25.2 Å². The molecule has 2 unspecified atom stereocenters. The summed E-state index contributed by atoms with van der Waals surface area (Å²) in [7, 11) is -3.76. The molecule has 2 aliphatic rings. The van der Waals surface area contributed by atoms with Crippen LogP contribution in [-0.2, 0) is 14.8 Å². The molecule has 2 heterocycles. The van der Waals surface area contributed by atoms with E-state index in [1.165, 1.54) is 12.1 Å². The van der Waals surface area contributed by atoms with Crippen molar-refractivity contribution in [3.63, 3.8) is 0 Å². The molecule has 0 radical (unpaired) electrons. The number of ether oxygens (including phenoxy) is 1. The van der Waals surface area contributed by atoms with Gasteiger partial charge in [-0.05, 0) is 55.5 Å². The number of carbonyl (C=O) groups is 1. The molecule has 2 saturated heterocycles. The van der Waals surface area contributed by atoms with Crippen molar-refractivity contribution >= 4 is 27.3 Å². The highest BCUT2D eigenvalue weighted by molar-refractivity contribution is 7.93. The van der Waals surface area contributed by atoms with Gasteiger partial charge in [0.05, 0.1) is 6.61 Å². The Bertz CT molecular complexity index is 1060. The van der Waals surface area contributed by atoms with Crippen molar-refractivity contribution < 1.29 is 22.3 Å². The molecule has 0 aliphatic carbocycles. The third-order valence-electron chi connectivity index (χ3n) is 5.75. The number of carbonyl (C=O) groups excluding carboxylic acids is 1. The Kier molecular flexibility index (Phi) is 7.01. The van der Waals surface area contributed by atoms with E-state index in [-0.39, 0.29) is 18.1 Å². The Hall–Kier alpha value is -2.89. The summed E-state index contributed by atoms with van der Waals surface area (Å²) in [6.45, 7) is 4.67. The molecule has 2 atom stereocenters. The highest BCUT2D eigenvalue weighted by atomic mass is 32.2. The van der Waals surface area contributed by atoms with Crippen LogP contribution in [0.1, 0.15) is 13.3 Å². The van der Waals surface area contributed by atoms with Gasteiger partial charge >= 0.3 is 0 Å². The monoisotopic (exact) mass is 477 g/mol. The minimum absolute atomic E-state index is 0.114. The first-order valence-corrected chi connectivity index (χ1v) is 12.4. The summed E-state index contributed by atoms with van der Waals surface area (Å²) < 4.78 is 46.6. The molecule has 4 rings (SSSR count). The van der Waals surface area contributed by atoms with Gasteiger partial charge in [-0.25, -0.2) is 23.7 Å². The second-order valence-electron chi connectivity index (χ2n) is 7.96. The van der Waals surface area contributed by atoms with Gasteiger partial charge in [0.25, 0.3) is 0 Å². The van der Waals surface area contributed by atoms with Crippen LogP contribution in [0.3, 0.4) is 0 Å². The van der Waals surface area contributed by atoms with Crippen molar-refractivity contribution in [3.05, 3.63) is 54.3 Å². The molecule has 33 heavy (non-hydrogen) atoms. The minimum atomic E-state index is -3.76. The van der Waals surface area contributed by atoms with Gasteiger partial charge in [0.1, 0.15) is 23.0 Å². The molecule has 1 amide bonds. The van der Waals surface area contributed by atoms with Crippen molar-refractivity contribution in [1.29, 1.82) is 0 Å². The average Bonchev–Trinajstić information content (AvgIpc) is 3.32. The number of rotatable bonds is 7. The maximum Gasteiger partial charge on any atom is 0.250 e. The van der Waals surface area contributed by atoms with Crippen molar-refractivity contribution in [3.8, 4) is 5.75 Å². The summed E-state index contributed by atoms with van der Waals surface area (Å²) in [6, 6.07) is 12.3. The number of sulfonamides is 1. The Morgan fingerprint density at radius 1 is 1.06 bits per heavy atom.